The minimum Gasteiger partial charge on any atom is -0.468 e. The van der Waals surface area contributed by atoms with Crippen molar-refractivity contribution in [3.8, 4) is 0 Å². The first kappa shape index (κ1) is 12.4. The Bertz CT molecular complexity index is 504. The molecular weight excluding hydrogens is 234 g/mol. The summed E-state index contributed by atoms with van der Waals surface area (Å²) >= 11 is 0. The van der Waals surface area contributed by atoms with E-state index in [-0.39, 0.29) is 5.91 Å². The zero-order valence-electron chi connectivity index (χ0n) is 10.1. The molecule has 0 atom stereocenters. The Kier molecular flexibility index (Phi) is 3.81. The summed E-state index contributed by atoms with van der Waals surface area (Å²) in [5.41, 5.74) is 2.54. The maximum atomic E-state index is 11.5. The van der Waals surface area contributed by atoms with Crippen LogP contribution >= 0.6 is 0 Å². The van der Waals surface area contributed by atoms with Gasteiger partial charge in [-0.25, -0.2) is 5.84 Å². The van der Waals surface area contributed by atoms with Crippen molar-refractivity contribution in [2.75, 3.05) is 7.05 Å². The van der Waals surface area contributed by atoms with Crippen molar-refractivity contribution in [2.45, 2.75) is 13.1 Å². The second kappa shape index (κ2) is 5.52. The number of hydrogen-bond acceptors (Lipinski definition) is 5. The van der Waals surface area contributed by atoms with Gasteiger partial charge in [-0.3, -0.25) is 15.1 Å². The zero-order valence-corrected chi connectivity index (χ0v) is 10.1. The molecule has 2 aromatic heterocycles. The molecule has 3 N–H and O–H groups in total. The number of nitrogens with zero attached hydrogens (tertiary/aromatic N) is 1. The van der Waals surface area contributed by atoms with Crippen molar-refractivity contribution in [1.29, 1.82) is 0 Å². The van der Waals surface area contributed by atoms with Gasteiger partial charge in [-0.1, -0.05) is 0 Å². The number of hydrogen-bond donors (Lipinski definition) is 2. The first-order chi connectivity index (χ1) is 8.70. The summed E-state index contributed by atoms with van der Waals surface area (Å²) in [5.74, 6) is 6.18. The topological polar surface area (TPSA) is 84.6 Å². The molecule has 6 nitrogen and oxygen atoms in total. The summed E-state index contributed by atoms with van der Waals surface area (Å²) in [5, 5.41) is 0. The molecule has 0 bridgehead atoms. The van der Waals surface area contributed by atoms with Crippen molar-refractivity contribution >= 4 is 5.91 Å². The molecule has 0 aliphatic heterocycles. The van der Waals surface area contributed by atoms with Crippen LogP contribution in [0, 0.1) is 0 Å². The molecule has 0 saturated carbocycles. The number of carbonyl (C=O) groups is 1. The predicted octanol–water partition coefficient (Wildman–Crippen LogP) is 1.11. The summed E-state index contributed by atoms with van der Waals surface area (Å²) in [4.78, 5) is 13.4. The average molecular weight is 249 g/mol. The lowest BCUT2D eigenvalue weighted by atomic mass is 10.2. The van der Waals surface area contributed by atoms with Gasteiger partial charge in [0, 0.05) is 0 Å². The van der Waals surface area contributed by atoms with Gasteiger partial charge in [0.05, 0.1) is 31.2 Å². The molecule has 0 aliphatic rings. The highest BCUT2D eigenvalue weighted by Crippen LogP contribution is 2.14. The van der Waals surface area contributed by atoms with E-state index in [2.05, 4.69) is 5.43 Å². The smallest absolute Gasteiger partial charge is 0.268 e. The van der Waals surface area contributed by atoms with Gasteiger partial charge >= 0.3 is 0 Å². The van der Waals surface area contributed by atoms with Crippen molar-refractivity contribution < 1.29 is 13.6 Å². The molecule has 0 spiro atoms. The number of carbonyl (C=O) groups excluding carboxylic acids is 1. The fraction of sp³-hybridized carbons (Fsp3) is 0.250. The maximum absolute atomic E-state index is 11.5. The van der Waals surface area contributed by atoms with Crippen molar-refractivity contribution in [2.24, 2.45) is 5.84 Å². The molecule has 2 heterocycles. The standard InChI is InChI=1S/C12H15N3O3/c1-15(7-9-3-2-5-17-9)8-11-10(4-6-18-11)12(16)14-13/h2-6H,7-8,13H2,1H3,(H,14,16). The lowest BCUT2D eigenvalue weighted by Gasteiger charge is -2.14. The van der Waals surface area contributed by atoms with Gasteiger partial charge in [0.15, 0.2) is 0 Å². The molecule has 0 unspecified atom stereocenters. The second-order valence-electron chi connectivity index (χ2n) is 3.98. The Labute approximate surface area is 104 Å². The highest BCUT2D eigenvalue weighted by molar-refractivity contribution is 5.94. The molecule has 96 valence electrons. The summed E-state index contributed by atoms with van der Waals surface area (Å²) in [6.45, 7) is 1.13. The van der Waals surface area contributed by atoms with E-state index in [0.29, 0.717) is 24.4 Å². The van der Waals surface area contributed by atoms with E-state index in [1.807, 2.05) is 24.1 Å². The number of rotatable bonds is 5. The molecule has 1 amide bonds. The Balaban J connectivity index is 2.01. The van der Waals surface area contributed by atoms with E-state index in [1.54, 1.807) is 12.3 Å². The fourth-order valence-corrected chi connectivity index (χ4v) is 1.71. The van der Waals surface area contributed by atoms with Crippen molar-refractivity contribution in [3.63, 3.8) is 0 Å². The van der Waals surface area contributed by atoms with Crippen LogP contribution in [0.25, 0.3) is 0 Å². The lowest BCUT2D eigenvalue weighted by molar-refractivity contribution is 0.0950. The van der Waals surface area contributed by atoms with Crippen LogP contribution in [0.4, 0.5) is 0 Å². The van der Waals surface area contributed by atoms with Crippen LogP contribution in [-0.4, -0.2) is 17.9 Å². The molecule has 0 aliphatic carbocycles. The highest BCUT2D eigenvalue weighted by Gasteiger charge is 2.15. The fourth-order valence-electron chi connectivity index (χ4n) is 1.71. The monoisotopic (exact) mass is 249 g/mol. The molecule has 0 fully saturated rings. The van der Waals surface area contributed by atoms with E-state index >= 15 is 0 Å². The third-order valence-corrected chi connectivity index (χ3v) is 2.54. The summed E-state index contributed by atoms with van der Waals surface area (Å²) < 4.78 is 10.5. The molecular formula is C12H15N3O3. The van der Waals surface area contributed by atoms with Crippen LogP contribution in [0.1, 0.15) is 21.9 Å². The minimum atomic E-state index is -0.356. The molecule has 6 heteroatoms. The molecule has 0 aromatic carbocycles. The third-order valence-electron chi connectivity index (χ3n) is 2.54. The van der Waals surface area contributed by atoms with E-state index in [1.165, 1.54) is 6.26 Å². The molecule has 18 heavy (non-hydrogen) atoms. The van der Waals surface area contributed by atoms with E-state index in [0.717, 1.165) is 5.76 Å². The Morgan fingerprint density at radius 2 is 2.17 bits per heavy atom. The van der Waals surface area contributed by atoms with Crippen molar-refractivity contribution in [1.82, 2.24) is 10.3 Å². The van der Waals surface area contributed by atoms with Gasteiger partial charge in [0.2, 0.25) is 0 Å². The van der Waals surface area contributed by atoms with Crippen LogP contribution < -0.4 is 11.3 Å². The first-order valence-corrected chi connectivity index (χ1v) is 5.49. The number of hydrazine groups is 1. The number of nitrogen functional groups attached to an aromatic ring is 1. The van der Waals surface area contributed by atoms with Crippen molar-refractivity contribution in [3.05, 3.63) is 47.8 Å². The van der Waals surface area contributed by atoms with Gasteiger partial charge in [0.1, 0.15) is 11.5 Å². The van der Waals surface area contributed by atoms with Crippen LogP contribution in [-0.2, 0) is 13.1 Å². The normalized spacial score (nSPS) is 10.8. The summed E-state index contributed by atoms with van der Waals surface area (Å²) in [7, 11) is 1.91. The number of amides is 1. The second-order valence-corrected chi connectivity index (χ2v) is 3.98. The average Bonchev–Trinajstić information content (AvgIpc) is 2.99. The van der Waals surface area contributed by atoms with E-state index in [4.69, 9.17) is 14.7 Å². The molecule has 0 radical (unpaired) electrons. The number of furan rings is 2. The Morgan fingerprint density at radius 3 is 2.83 bits per heavy atom. The number of nitrogens with one attached hydrogen (secondary N) is 1. The zero-order chi connectivity index (χ0) is 13.0. The van der Waals surface area contributed by atoms with Gasteiger partial charge in [-0.05, 0) is 25.2 Å². The first-order valence-electron chi connectivity index (χ1n) is 5.49. The minimum absolute atomic E-state index is 0.356. The molecule has 0 saturated heterocycles. The van der Waals surface area contributed by atoms with Gasteiger partial charge in [-0.2, -0.15) is 0 Å². The largest absolute Gasteiger partial charge is 0.468 e. The van der Waals surface area contributed by atoms with Crippen LogP contribution in [0.3, 0.4) is 0 Å². The van der Waals surface area contributed by atoms with Gasteiger partial charge in [-0.15, -0.1) is 0 Å². The molecule has 2 aromatic rings. The van der Waals surface area contributed by atoms with E-state index in [9.17, 15) is 4.79 Å². The summed E-state index contributed by atoms with van der Waals surface area (Å²) in [6.07, 6.45) is 3.10. The Hall–Kier alpha value is -2.05. The number of nitrogens with two attached hydrogens (primary N) is 1. The van der Waals surface area contributed by atoms with Crippen LogP contribution in [0.15, 0.2) is 39.6 Å². The SMILES string of the molecule is CN(Cc1ccco1)Cc1occc1C(=O)NN. The van der Waals surface area contributed by atoms with Gasteiger partial charge < -0.3 is 8.83 Å². The van der Waals surface area contributed by atoms with Crippen LogP contribution in [0.5, 0.6) is 0 Å². The Morgan fingerprint density at radius 1 is 1.33 bits per heavy atom. The lowest BCUT2D eigenvalue weighted by Crippen LogP contribution is -2.31. The summed E-state index contributed by atoms with van der Waals surface area (Å²) in [6, 6.07) is 5.33. The predicted molar refractivity (Wildman–Crippen MR) is 64.2 cm³/mol. The van der Waals surface area contributed by atoms with E-state index < -0.39 is 0 Å². The third kappa shape index (κ3) is 2.79. The highest BCUT2D eigenvalue weighted by atomic mass is 16.3. The van der Waals surface area contributed by atoms with Crippen LogP contribution in [0.2, 0.25) is 0 Å². The molecule has 2 rings (SSSR count). The van der Waals surface area contributed by atoms with Gasteiger partial charge in [0.25, 0.3) is 5.91 Å². The maximum Gasteiger partial charge on any atom is 0.268 e. The quantitative estimate of drug-likeness (QED) is 0.471.